The molecule has 0 radical (unpaired) electrons. The smallest absolute Gasteiger partial charge is 0.324 e. The highest BCUT2D eigenvalue weighted by Gasteiger charge is 2.14. The molecule has 1 amide bonds. The molecule has 0 bridgehead atoms. The first-order valence-electron chi connectivity index (χ1n) is 9.46. The number of rotatable bonds is 5. The first-order chi connectivity index (χ1) is 14.0. The molecule has 29 heavy (non-hydrogen) atoms. The van der Waals surface area contributed by atoms with Crippen molar-refractivity contribution in [1.82, 2.24) is 19.2 Å². The van der Waals surface area contributed by atoms with E-state index in [2.05, 4.69) is 22.3 Å². The van der Waals surface area contributed by atoms with Gasteiger partial charge in [-0.2, -0.15) is 0 Å². The number of aromatic nitrogens is 4. The van der Waals surface area contributed by atoms with Gasteiger partial charge in [-0.05, 0) is 31.0 Å². The van der Waals surface area contributed by atoms with E-state index >= 15 is 0 Å². The number of carbonyl (C=O) groups is 1. The van der Waals surface area contributed by atoms with E-state index in [1.807, 2.05) is 54.6 Å². The summed E-state index contributed by atoms with van der Waals surface area (Å²) >= 11 is 0. The van der Waals surface area contributed by atoms with Gasteiger partial charge < -0.3 is 5.32 Å². The number of nitrogens with zero attached hydrogens (tertiary/aromatic N) is 4. The fourth-order valence-electron chi connectivity index (χ4n) is 3.22. The molecule has 2 aromatic heterocycles. The number of carbonyl (C=O) groups excluding carboxylic acids is 1. The van der Waals surface area contributed by atoms with E-state index in [-0.39, 0.29) is 18.1 Å². The summed E-state index contributed by atoms with van der Waals surface area (Å²) in [5.74, 6) is 0.210. The Hall–Kier alpha value is -3.74. The Morgan fingerprint density at radius 3 is 2.48 bits per heavy atom. The third kappa shape index (κ3) is 3.80. The van der Waals surface area contributed by atoms with Crippen LogP contribution in [-0.4, -0.2) is 25.1 Å². The fourth-order valence-corrected chi connectivity index (χ4v) is 3.22. The van der Waals surface area contributed by atoms with Gasteiger partial charge in [-0.25, -0.2) is 18.9 Å². The summed E-state index contributed by atoms with van der Waals surface area (Å²) in [5.41, 5.74) is 3.62. The van der Waals surface area contributed by atoms with E-state index < -0.39 is 0 Å². The molecule has 4 aromatic rings. The number of hydrogen-bond donors (Lipinski definition) is 1. The molecule has 0 unspecified atom stereocenters. The molecule has 0 aliphatic rings. The number of hydrogen-bond acceptors (Lipinski definition) is 4. The average molecular weight is 387 g/mol. The van der Waals surface area contributed by atoms with Gasteiger partial charge in [0.1, 0.15) is 12.4 Å². The average Bonchev–Trinajstić information content (AvgIpc) is 3.04. The summed E-state index contributed by atoms with van der Waals surface area (Å²) in [6, 6.07) is 19.1. The minimum atomic E-state index is -0.388. The lowest BCUT2D eigenvalue weighted by Gasteiger charge is -2.05. The lowest BCUT2D eigenvalue weighted by Crippen LogP contribution is -2.28. The second kappa shape index (κ2) is 7.71. The summed E-state index contributed by atoms with van der Waals surface area (Å²) in [6.45, 7) is 3.65. The number of amides is 1. The van der Waals surface area contributed by atoms with Crippen LogP contribution in [0.5, 0.6) is 0 Å². The van der Waals surface area contributed by atoms with Crippen LogP contribution in [-0.2, 0) is 17.8 Å². The number of nitrogens with one attached hydrogen (secondary N) is 1. The molecule has 0 fully saturated rings. The molecule has 0 saturated heterocycles. The van der Waals surface area contributed by atoms with Crippen LogP contribution in [0.2, 0.25) is 0 Å². The Bertz CT molecular complexity index is 1220. The number of benzene rings is 2. The monoisotopic (exact) mass is 387 g/mol. The maximum absolute atomic E-state index is 12.7. The second-order valence-electron chi connectivity index (χ2n) is 6.79. The molecule has 7 nitrogen and oxygen atoms in total. The summed E-state index contributed by atoms with van der Waals surface area (Å²) in [5, 5.41) is 7.14. The molecular weight excluding hydrogens is 366 g/mol. The highest BCUT2D eigenvalue weighted by molar-refractivity contribution is 5.90. The van der Waals surface area contributed by atoms with E-state index in [1.54, 1.807) is 13.0 Å². The van der Waals surface area contributed by atoms with Gasteiger partial charge in [0.05, 0.1) is 5.69 Å². The minimum absolute atomic E-state index is 0.170. The predicted molar refractivity (Wildman–Crippen MR) is 112 cm³/mol. The molecule has 0 spiro atoms. The maximum atomic E-state index is 12.7. The third-order valence-corrected chi connectivity index (χ3v) is 4.74. The van der Waals surface area contributed by atoms with Crippen molar-refractivity contribution < 1.29 is 4.79 Å². The topological polar surface area (TPSA) is 81.3 Å². The Kier molecular flexibility index (Phi) is 4.95. The Labute approximate surface area is 167 Å². The van der Waals surface area contributed by atoms with E-state index in [1.165, 1.54) is 9.96 Å². The van der Waals surface area contributed by atoms with E-state index in [0.717, 1.165) is 22.4 Å². The quantitative estimate of drug-likeness (QED) is 0.571. The first-order valence-corrected chi connectivity index (χ1v) is 9.46. The molecule has 2 heterocycles. The van der Waals surface area contributed by atoms with Crippen LogP contribution >= 0.6 is 0 Å². The summed E-state index contributed by atoms with van der Waals surface area (Å²) < 4.78 is 2.57. The molecular formula is C22H21N5O2. The molecule has 0 aliphatic heterocycles. The predicted octanol–water partition coefficient (Wildman–Crippen LogP) is 3.07. The van der Waals surface area contributed by atoms with Gasteiger partial charge in [-0.15, -0.1) is 5.10 Å². The summed E-state index contributed by atoms with van der Waals surface area (Å²) in [4.78, 5) is 29.6. The van der Waals surface area contributed by atoms with Gasteiger partial charge in [0, 0.05) is 17.3 Å². The SMILES string of the molecule is CCc1ccc(NC(=O)Cn2nc3cc(-c4ccccc4)nc(C)n3c2=O)cc1. The van der Waals surface area contributed by atoms with Gasteiger partial charge in [0.2, 0.25) is 5.91 Å². The lowest BCUT2D eigenvalue weighted by atomic mass is 10.1. The molecule has 0 atom stereocenters. The zero-order valence-electron chi connectivity index (χ0n) is 16.3. The highest BCUT2D eigenvalue weighted by Crippen LogP contribution is 2.18. The van der Waals surface area contributed by atoms with E-state index in [4.69, 9.17) is 0 Å². The third-order valence-electron chi connectivity index (χ3n) is 4.74. The normalized spacial score (nSPS) is 11.0. The zero-order chi connectivity index (χ0) is 20.4. The van der Waals surface area contributed by atoms with Gasteiger partial charge in [0.25, 0.3) is 0 Å². The van der Waals surface area contributed by atoms with E-state index in [9.17, 15) is 9.59 Å². The Balaban J connectivity index is 1.60. The Morgan fingerprint density at radius 2 is 1.79 bits per heavy atom. The molecule has 0 saturated carbocycles. The van der Waals surface area contributed by atoms with Crippen molar-refractivity contribution in [3.8, 4) is 11.3 Å². The van der Waals surface area contributed by atoms with Crippen LogP contribution in [0.25, 0.3) is 16.9 Å². The van der Waals surface area contributed by atoms with E-state index in [0.29, 0.717) is 17.2 Å². The van der Waals surface area contributed by atoms with Crippen molar-refractivity contribution in [2.75, 3.05) is 5.32 Å². The summed E-state index contributed by atoms with van der Waals surface area (Å²) in [6.07, 6.45) is 0.934. The van der Waals surface area contributed by atoms with Crippen LogP contribution in [0.4, 0.5) is 5.69 Å². The van der Waals surface area contributed by atoms with Crippen LogP contribution in [0, 0.1) is 6.92 Å². The number of anilines is 1. The van der Waals surface area contributed by atoms with Crippen LogP contribution in [0.15, 0.2) is 65.5 Å². The fraction of sp³-hybridized carbons (Fsp3) is 0.182. The molecule has 146 valence electrons. The maximum Gasteiger partial charge on any atom is 0.352 e. The second-order valence-corrected chi connectivity index (χ2v) is 6.79. The van der Waals surface area contributed by atoms with Crippen molar-refractivity contribution in [3.05, 3.63) is 82.5 Å². The van der Waals surface area contributed by atoms with Crippen molar-refractivity contribution in [2.24, 2.45) is 0 Å². The van der Waals surface area contributed by atoms with Crippen molar-refractivity contribution in [1.29, 1.82) is 0 Å². The molecule has 0 aliphatic carbocycles. The number of fused-ring (bicyclic) bond motifs is 1. The van der Waals surface area contributed by atoms with Crippen molar-refractivity contribution in [2.45, 2.75) is 26.8 Å². The van der Waals surface area contributed by atoms with Crippen LogP contribution in [0.3, 0.4) is 0 Å². The molecule has 7 heteroatoms. The first kappa shape index (κ1) is 18.6. The van der Waals surface area contributed by atoms with Crippen molar-refractivity contribution >= 4 is 17.2 Å². The molecule has 1 N–H and O–H groups in total. The van der Waals surface area contributed by atoms with Crippen LogP contribution in [0.1, 0.15) is 18.3 Å². The molecule has 4 rings (SSSR count). The Morgan fingerprint density at radius 1 is 1.07 bits per heavy atom. The highest BCUT2D eigenvalue weighted by atomic mass is 16.2. The van der Waals surface area contributed by atoms with Gasteiger partial charge in [0.15, 0.2) is 5.65 Å². The zero-order valence-corrected chi connectivity index (χ0v) is 16.3. The lowest BCUT2D eigenvalue weighted by molar-refractivity contribution is -0.117. The van der Waals surface area contributed by atoms with Crippen LogP contribution < -0.4 is 11.0 Å². The number of aryl methyl sites for hydroxylation is 2. The largest absolute Gasteiger partial charge is 0.352 e. The van der Waals surface area contributed by atoms with Crippen molar-refractivity contribution in [3.63, 3.8) is 0 Å². The molecule has 2 aromatic carbocycles. The summed E-state index contributed by atoms with van der Waals surface area (Å²) in [7, 11) is 0. The van der Waals surface area contributed by atoms with Gasteiger partial charge in [-0.1, -0.05) is 49.4 Å². The van der Waals surface area contributed by atoms with Gasteiger partial charge in [-0.3, -0.25) is 4.79 Å². The standard InChI is InChI=1S/C22H21N5O2/c1-3-16-9-11-18(12-10-16)24-21(28)14-26-22(29)27-15(2)23-19(13-20(27)25-26)17-7-5-4-6-8-17/h4-13H,3,14H2,1-2H3,(H,24,28). The van der Waals surface area contributed by atoms with Gasteiger partial charge >= 0.3 is 5.69 Å². The minimum Gasteiger partial charge on any atom is -0.324 e.